The quantitative estimate of drug-likeness (QED) is 0.739. The van der Waals surface area contributed by atoms with Gasteiger partial charge in [-0.3, -0.25) is 4.79 Å². The van der Waals surface area contributed by atoms with Crippen LogP contribution in [0.2, 0.25) is 5.02 Å². The molecule has 0 aliphatic rings. The SMILES string of the molecule is CCc1ccc(Cl)c(CC)c1NC(=O)/C=C/c1ccccc1OC. The Hall–Kier alpha value is -2.26. The lowest BCUT2D eigenvalue weighted by Crippen LogP contribution is -2.12. The molecule has 0 atom stereocenters. The molecule has 0 aliphatic carbocycles. The van der Waals surface area contributed by atoms with E-state index in [0.29, 0.717) is 5.02 Å². The molecular formula is C20H22ClNO2. The molecule has 0 fully saturated rings. The van der Waals surface area contributed by atoms with Crippen molar-refractivity contribution in [2.45, 2.75) is 26.7 Å². The highest BCUT2D eigenvalue weighted by molar-refractivity contribution is 6.32. The summed E-state index contributed by atoms with van der Waals surface area (Å²) in [6.45, 7) is 4.09. The molecule has 0 heterocycles. The number of aryl methyl sites for hydroxylation is 1. The van der Waals surface area contributed by atoms with Gasteiger partial charge in [0.15, 0.2) is 0 Å². The topological polar surface area (TPSA) is 38.3 Å². The second-order valence-electron chi connectivity index (χ2n) is 5.33. The van der Waals surface area contributed by atoms with Crippen molar-refractivity contribution in [1.82, 2.24) is 0 Å². The van der Waals surface area contributed by atoms with Gasteiger partial charge in [-0.05, 0) is 42.2 Å². The van der Waals surface area contributed by atoms with Gasteiger partial charge in [-0.15, -0.1) is 0 Å². The molecule has 2 aromatic rings. The first-order valence-corrected chi connectivity index (χ1v) is 8.40. The average Bonchev–Trinajstić information content (AvgIpc) is 2.60. The maximum Gasteiger partial charge on any atom is 0.248 e. The zero-order chi connectivity index (χ0) is 17.5. The summed E-state index contributed by atoms with van der Waals surface area (Å²) >= 11 is 6.27. The number of para-hydroxylation sites is 1. The van der Waals surface area contributed by atoms with Crippen molar-refractivity contribution in [3.8, 4) is 5.75 Å². The summed E-state index contributed by atoms with van der Waals surface area (Å²) in [5.74, 6) is 0.542. The monoisotopic (exact) mass is 343 g/mol. The molecular weight excluding hydrogens is 322 g/mol. The Morgan fingerprint density at radius 1 is 1.17 bits per heavy atom. The van der Waals surface area contributed by atoms with Crippen LogP contribution in [0.3, 0.4) is 0 Å². The van der Waals surface area contributed by atoms with Crippen LogP contribution >= 0.6 is 11.6 Å². The van der Waals surface area contributed by atoms with Gasteiger partial charge in [0.2, 0.25) is 5.91 Å². The van der Waals surface area contributed by atoms with Crippen LogP contribution in [-0.2, 0) is 17.6 Å². The van der Waals surface area contributed by atoms with Crippen LogP contribution in [0, 0.1) is 0 Å². The fourth-order valence-electron chi connectivity index (χ4n) is 2.60. The van der Waals surface area contributed by atoms with Crippen LogP contribution in [0.4, 0.5) is 5.69 Å². The molecule has 0 bridgehead atoms. The van der Waals surface area contributed by atoms with Crippen LogP contribution in [-0.4, -0.2) is 13.0 Å². The molecule has 0 aliphatic heterocycles. The Labute approximate surface area is 148 Å². The number of hydrogen-bond donors (Lipinski definition) is 1. The number of halogens is 1. The largest absolute Gasteiger partial charge is 0.496 e. The van der Waals surface area contributed by atoms with E-state index in [4.69, 9.17) is 16.3 Å². The van der Waals surface area contributed by atoms with E-state index in [-0.39, 0.29) is 5.91 Å². The lowest BCUT2D eigenvalue weighted by Gasteiger charge is -2.15. The van der Waals surface area contributed by atoms with Gasteiger partial charge >= 0.3 is 0 Å². The molecule has 3 nitrogen and oxygen atoms in total. The first-order chi connectivity index (χ1) is 11.6. The molecule has 126 valence electrons. The van der Waals surface area contributed by atoms with Crippen molar-refractivity contribution in [3.63, 3.8) is 0 Å². The number of ether oxygens (including phenoxy) is 1. The minimum atomic E-state index is -0.187. The van der Waals surface area contributed by atoms with Crippen molar-refractivity contribution in [2.75, 3.05) is 12.4 Å². The zero-order valence-electron chi connectivity index (χ0n) is 14.2. The fourth-order valence-corrected chi connectivity index (χ4v) is 2.89. The van der Waals surface area contributed by atoms with Gasteiger partial charge in [-0.2, -0.15) is 0 Å². The summed E-state index contributed by atoms with van der Waals surface area (Å²) in [5, 5.41) is 3.66. The number of carbonyl (C=O) groups is 1. The van der Waals surface area contributed by atoms with Crippen molar-refractivity contribution in [3.05, 3.63) is 64.2 Å². The standard InChI is InChI=1S/C20H22ClNO2/c1-4-14-10-12-17(21)16(5-2)20(14)22-19(23)13-11-15-8-6-7-9-18(15)24-3/h6-13H,4-5H2,1-3H3,(H,22,23)/b13-11+. The third-order valence-corrected chi connectivity index (χ3v) is 4.23. The second kappa shape index (κ2) is 8.55. The Morgan fingerprint density at radius 3 is 2.58 bits per heavy atom. The van der Waals surface area contributed by atoms with E-state index >= 15 is 0 Å². The van der Waals surface area contributed by atoms with Crippen LogP contribution in [0.1, 0.15) is 30.5 Å². The van der Waals surface area contributed by atoms with Crippen molar-refractivity contribution in [2.24, 2.45) is 0 Å². The Balaban J connectivity index is 2.24. The van der Waals surface area contributed by atoms with E-state index in [1.807, 2.05) is 43.3 Å². The highest BCUT2D eigenvalue weighted by Crippen LogP contribution is 2.29. The van der Waals surface area contributed by atoms with Gasteiger partial charge in [0.05, 0.1) is 7.11 Å². The van der Waals surface area contributed by atoms with Crippen LogP contribution in [0.25, 0.3) is 6.08 Å². The molecule has 0 saturated carbocycles. The van der Waals surface area contributed by atoms with Crippen LogP contribution in [0.5, 0.6) is 5.75 Å². The summed E-state index contributed by atoms with van der Waals surface area (Å²) in [6.07, 6.45) is 4.85. The summed E-state index contributed by atoms with van der Waals surface area (Å²) in [7, 11) is 1.61. The van der Waals surface area contributed by atoms with Gasteiger partial charge in [-0.25, -0.2) is 0 Å². The summed E-state index contributed by atoms with van der Waals surface area (Å²) < 4.78 is 5.28. The predicted octanol–water partition coefficient (Wildman–Crippen LogP) is 5.13. The number of benzene rings is 2. The number of methoxy groups -OCH3 is 1. The molecule has 4 heteroatoms. The number of nitrogens with one attached hydrogen (secondary N) is 1. The molecule has 2 aromatic carbocycles. The van der Waals surface area contributed by atoms with Crippen LogP contribution in [0.15, 0.2) is 42.5 Å². The smallest absolute Gasteiger partial charge is 0.248 e. The van der Waals surface area contributed by atoms with E-state index < -0.39 is 0 Å². The number of carbonyl (C=O) groups excluding carboxylic acids is 1. The highest BCUT2D eigenvalue weighted by atomic mass is 35.5. The second-order valence-corrected chi connectivity index (χ2v) is 5.74. The average molecular weight is 344 g/mol. The number of rotatable bonds is 6. The Bertz CT molecular complexity index is 753. The third-order valence-electron chi connectivity index (χ3n) is 3.88. The summed E-state index contributed by atoms with van der Waals surface area (Å²) in [6, 6.07) is 11.4. The van der Waals surface area contributed by atoms with Crippen molar-refractivity contribution < 1.29 is 9.53 Å². The lowest BCUT2D eigenvalue weighted by atomic mass is 10.0. The molecule has 0 saturated heterocycles. The molecule has 1 N–H and O–H groups in total. The minimum absolute atomic E-state index is 0.187. The highest BCUT2D eigenvalue weighted by Gasteiger charge is 2.12. The maximum absolute atomic E-state index is 12.4. The van der Waals surface area contributed by atoms with E-state index in [1.165, 1.54) is 6.08 Å². The predicted molar refractivity (Wildman–Crippen MR) is 101 cm³/mol. The van der Waals surface area contributed by atoms with Crippen LogP contribution < -0.4 is 10.1 Å². The van der Waals surface area contributed by atoms with Gasteiger partial charge < -0.3 is 10.1 Å². The molecule has 0 aromatic heterocycles. The fraction of sp³-hybridized carbons (Fsp3) is 0.250. The number of amides is 1. The normalized spacial score (nSPS) is 10.8. The van der Waals surface area contributed by atoms with Crippen molar-refractivity contribution in [1.29, 1.82) is 0 Å². The summed E-state index contributed by atoms with van der Waals surface area (Å²) in [4.78, 5) is 12.4. The van der Waals surface area contributed by atoms with E-state index in [1.54, 1.807) is 13.2 Å². The number of hydrogen-bond acceptors (Lipinski definition) is 2. The van der Waals surface area contributed by atoms with Gasteiger partial charge in [0.1, 0.15) is 5.75 Å². The molecule has 24 heavy (non-hydrogen) atoms. The number of anilines is 1. The lowest BCUT2D eigenvalue weighted by molar-refractivity contribution is -0.111. The Kier molecular flexibility index (Phi) is 6.44. The molecule has 2 rings (SSSR count). The van der Waals surface area contributed by atoms with Gasteiger partial charge in [0.25, 0.3) is 0 Å². The van der Waals surface area contributed by atoms with E-state index in [0.717, 1.165) is 41.0 Å². The molecule has 0 unspecified atom stereocenters. The molecule has 0 radical (unpaired) electrons. The Morgan fingerprint density at radius 2 is 1.92 bits per heavy atom. The first-order valence-electron chi connectivity index (χ1n) is 8.03. The van der Waals surface area contributed by atoms with Crippen molar-refractivity contribution >= 4 is 29.3 Å². The molecule has 0 spiro atoms. The summed E-state index contributed by atoms with van der Waals surface area (Å²) in [5.41, 5.74) is 3.72. The van der Waals surface area contributed by atoms with Gasteiger partial charge in [0, 0.05) is 22.3 Å². The third kappa shape index (κ3) is 4.18. The molecule has 1 amide bonds. The first kappa shape index (κ1) is 18.1. The van der Waals surface area contributed by atoms with E-state index in [9.17, 15) is 4.79 Å². The van der Waals surface area contributed by atoms with E-state index in [2.05, 4.69) is 12.2 Å². The zero-order valence-corrected chi connectivity index (χ0v) is 15.0. The minimum Gasteiger partial charge on any atom is -0.496 e. The van der Waals surface area contributed by atoms with Gasteiger partial charge in [-0.1, -0.05) is 49.7 Å². The maximum atomic E-state index is 12.4.